The highest BCUT2D eigenvalue weighted by Gasteiger charge is 2.30. The number of amides is 1. The van der Waals surface area contributed by atoms with E-state index in [1.54, 1.807) is 31.3 Å². The van der Waals surface area contributed by atoms with Crippen molar-refractivity contribution in [3.8, 4) is 5.69 Å². The first-order chi connectivity index (χ1) is 18.6. The van der Waals surface area contributed by atoms with E-state index in [1.165, 1.54) is 53.1 Å². The van der Waals surface area contributed by atoms with Gasteiger partial charge in [0.1, 0.15) is 0 Å². The number of carboxylic acids is 1. The second-order valence-electron chi connectivity index (χ2n) is 8.90. The summed E-state index contributed by atoms with van der Waals surface area (Å²) in [5, 5.41) is 13.1. The first-order valence-electron chi connectivity index (χ1n) is 11.8. The van der Waals surface area contributed by atoms with Gasteiger partial charge in [-0.15, -0.1) is 0 Å². The Hall–Kier alpha value is -4.99. The van der Waals surface area contributed by atoms with Crippen molar-refractivity contribution < 1.29 is 27.9 Å². The number of carbonyl (C=O) groups excluding carboxylic acids is 1. The van der Waals surface area contributed by atoms with Crippen LogP contribution in [-0.4, -0.2) is 26.5 Å². The number of pyridine rings is 2. The van der Waals surface area contributed by atoms with Gasteiger partial charge in [-0.05, 0) is 73.7 Å². The smallest absolute Gasteiger partial charge is 0.416 e. The Morgan fingerprint density at radius 1 is 0.949 bits per heavy atom. The van der Waals surface area contributed by atoms with Gasteiger partial charge in [0.2, 0.25) is 0 Å². The number of benzene rings is 3. The van der Waals surface area contributed by atoms with E-state index in [4.69, 9.17) is 0 Å². The van der Waals surface area contributed by atoms with Gasteiger partial charge in [0.15, 0.2) is 0 Å². The Bertz CT molecular complexity index is 1800. The van der Waals surface area contributed by atoms with Crippen molar-refractivity contribution in [2.24, 2.45) is 0 Å². The monoisotopic (exact) mass is 531 g/mol. The minimum atomic E-state index is -4.56. The van der Waals surface area contributed by atoms with Crippen LogP contribution in [-0.2, 0) is 6.18 Å². The van der Waals surface area contributed by atoms with E-state index in [-0.39, 0.29) is 38.5 Å². The first kappa shape index (κ1) is 25.7. The second-order valence-corrected chi connectivity index (χ2v) is 8.90. The molecule has 5 rings (SSSR count). The molecule has 2 heterocycles. The quantitative estimate of drug-likeness (QED) is 0.282. The normalized spacial score (nSPS) is 12.4. The second kappa shape index (κ2) is 9.71. The van der Waals surface area contributed by atoms with E-state index < -0.39 is 35.2 Å². The molecule has 0 saturated heterocycles. The van der Waals surface area contributed by atoms with Gasteiger partial charge < -0.3 is 10.4 Å². The van der Waals surface area contributed by atoms with Gasteiger partial charge in [0, 0.05) is 33.6 Å². The van der Waals surface area contributed by atoms with E-state index in [9.17, 15) is 32.7 Å². The Balaban J connectivity index is 1.72. The van der Waals surface area contributed by atoms with Crippen molar-refractivity contribution in [2.75, 3.05) is 0 Å². The summed E-state index contributed by atoms with van der Waals surface area (Å²) >= 11 is 0. The van der Waals surface area contributed by atoms with Crippen LogP contribution in [0.3, 0.4) is 0 Å². The van der Waals surface area contributed by atoms with E-state index >= 15 is 0 Å². The zero-order valence-corrected chi connectivity index (χ0v) is 20.4. The summed E-state index contributed by atoms with van der Waals surface area (Å²) in [6.45, 7) is 1.77. The van der Waals surface area contributed by atoms with Gasteiger partial charge in [0.25, 0.3) is 11.5 Å². The predicted octanol–water partition coefficient (Wildman–Crippen LogP) is 5.75. The molecule has 39 heavy (non-hydrogen) atoms. The summed E-state index contributed by atoms with van der Waals surface area (Å²) in [5.41, 5.74) is -0.406. The lowest BCUT2D eigenvalue weighted by Crippen LogP contribution is -2.27. The molecule has 0 aliphatic carbocycles. The number of halogens is 3. The van der Waals surface area contributed by atoms with Crippen LogP contribution in [0.1, 0.15) is 44.9 Å². The Labute approximate surface area is 219 Å². The number of aromatic nitrogens is 2. The highest BCUT2D eigenvalue weighted by molar-refractivity contribution is 6.16. The average molecular weight is 531 g/mol. The van der Waals surface area contributed by atoms with Gasteiger partial charge >= 0.3 is 12.1 Å². The number of alkyl halides is 3. The summed E-state index contributed by atoms with van der Waals surface area (Å²) < 4.78 is 40.6. The molecule has 0 aliphatic heterocycles. The molecule has 0 aliphatic rings. The lowest BCUT2D eigenvalue weighted by atomic mass is 9.98. The standard InChI is InChI=1S/C29H20F3N3O4/c1-16(23-7-2-3-14-33-23)34-26(36)17-8-13-24-22(15-17)25-20(5-4-6-21(25)28(38)39)27(37)35(24)19-11-9-18(10-12-19)29(30,31)32/h2-16H,1H3,(H,34,36)(H,38,39)/t16-/m0/s1. The summed E-state index contributed by atoms with van der Waals surface area (Å²) in [5.74, 6) is -1.73. The highest BCUT2D eigenvalue weighted by atomic mass is 19.4. The van der Waals surface area contributed by atoms with Crippen molar-refractivity contribution in [1.29, 1.82) is 0 Å². The van der Waals surface area contributed by atoms with E-state index in [0.29, 0.717) is 5.69 Å². The molecule has 7 nitrogen and oxygen atoms in total. The lowest BCUT2D eigenvalue weighted by Gasteiger charge is -2.17. The van der Waals surface area contributed by atoms with Gasteiger partial charge in [-0.25, -0.2) is 4.79 Å². The SMILES string of the molecule is C[C@H](NC(=O)c1ccc2c(c1)c1c(C(=O)O)cccc1c(=O)n2-c1ccc(C(F)(F)F)cc1)c1ccccn1. The van der Waals surface area contributed by atoms with Crippen LogP contribution in [0.25, 0.3) is 27.4 Å². The maximum atomic E-state index is 13.6. The summed E-state index contributed by atoms with van der Waals surface area (Å²) in [4.78, 5) is 43.0. The molecule has 196 valence electrons. The van der Waals surface area contributed by atoms with Crippen molar-refractivity contribution in [3.05, 3.63) is 118 Å². The highest BCUT2D eigenvalue weighted by Crippen LogP contribution is 2.32. The molecule has 0 saturated carbocycles. The average Bonchev–Trinajstić information content (AvgIpc) is 2.92. The zero-order valence-electron chi connectivity index (χ0n) is 20.4. The summed E-state index contributed by atoms with van der Waals surface area (Å²) in [7, 11) is 0. The number of fused-ring (bicyclic) bond motifs is 3. The van der Waals surface area contributed by atoms with Gasteiger partial charge in [-0.2, -0.15) is 13.2 Å². The fraction of sp³-hybridized carbons (Fsp3) is 0.103. The molecule has 0 fully saturated rings. The molecule has 3 aromatic carbocycles. The Morgan fingerprint density at radius 3 is 2.33 bits per heavy atom. The lowest BCUT2D eigenvalue weighted by molar-refractivity contribution is -0.137. The third-order valence-electron chi connectivity index (χ3n) is 6.43. The minimum Gasteiger partial charge on any atom is -0.478 e. The molecular weight excluding hydrogens is 511 g/mol. The van der Waals surface area contributed by atoms with Crippen molar-refractivity contribution in [3.63, 3.8) is 0 Å². The minimum absolute atomic E-state index is 0.0432. The van der Waals surface area contributed by atoms with Crippen LogP contribution in [0.5, 0.6) is 0 Å². The van der Waals surface area contributed by atoms with Crippen LogP contribution in [0.4, 0.5) is 13.2 Å². The number of carbonyl (C=O) groups is 2. The molecular formula is C29H20F3N3O4. The molecule has 10 heteroatoms. The Kier molecular flexibility index (Phi) is 6.39. The maximum Gasteiger partial charge on any atom is 0.416 e. The molecule has 1 atom stereocenters. The topological polar surface area (TPSA) is 101 Å². The third-order valence-corrected chi connectivity index (χ3v) is 6.43. The van der Waals surface area contributed by atoms with E-state index in [1.807, 2.05) is 0 Å². The van der Waals surface area contributed by atoms with Crippen LogP contribution in [0.2, 0.25) is 0 Å². The predicted molar refractivity (Wildman–Crippen MR) is 139 cm³/mol. The molecule has 0 radical (unpaired) electrons. The molecule has 0 bridgehead atoms. The summed E-state index contributed by atoms with van der Waals surface area (Å²) in [6.07, 6.45) is -2.95. The molecule has 1 amide bonds. The van der Waals surface area contributed by atoms with Crippen LogP contribution in [0, 0.1) is 0 Å². The maximum absolute atomic E-state index is 13.6. The van der Waals surface area contributed by atoms with Crippen molar-refractivity contribution in [2.45, 2.75) is 19.1 Å². The number of carboxylic acid groups (broad SMARTS) is 1. The number of nitrogens with one attached hydrogen (secondary N) is 1. The third kappa shape index (κ3) is 4.72. The van der Waals surface area contributed by atoms with Crippen LogP contribution >= 0.6 is 0 Å². The Morgan fingerprint density at radius 2 is 1.69 bits per heavy atom. The number of nitrogens with zero attached hydrogens (tertiary/aromatic N) is 2. The van der Waals surface area contributed by atoms with Gasteiger partial charge in [-0.3, -0.25) is 19.1 Å². The number of aromatic carboxylic acids is 1. The van der Waals surface area contributed by atoms with Crippen LogP contribution < -0.4 is 10.9 Å². The van der Waals surface area contributed by atoms with Gasteiger partial charge in [0.05, 0.1) is 28.4 Å². The molecule has 2 N–H and O–H groups in total. The van der Waals surface area contributed by atoms with E-state index in [2.05, 4.69) is 10.3 Å². The number of hydrogen-bond acceptors (Lipinski definition) is 4. The van der Waals surface area contributed by atoms with Crippen molar-refractivity contribution in [1.82, 2.24) is 14.9 Å². The largest absolute Gasteiger partial charge is 0.478 e. The van der Waals surface area contributed by atoms with Crippen LogP contribution in [0.15, 0.2) is 89.9 Å². The molecule has 0 unspecified atom stereocenters. The first-order valence-corrected chi connectivity index (χ1v) is 11.8. The fourth-order valence-electron chi connectivity index (χ4n) is 4.54. The van der Waals surface area contributed by atoms with Gasteiger partial charge in [-0.1, -0.05) is 12.1 Å². The van der Waals surface area contributed by atoms with E-state index in [0.717, 1.165) is 12.1 Å². The number of rotatable bonds is 5. The van der Waals surface area contributed by atoms with Crippen molar-refractivity contribution >= 4 is 33.6 Å². The molecule has 2 aromatic heterocycles. The fourth-order valence-corrected chi connectivity index (χ4v) is 4.54. The number of hydrogen-bond donors (Lipinski definition) is 2. The summed E-state index contributed by atoms with van der Waals surface area (Å²) in [6, 6.07) is 17.6. The molecule has 5 aromatic rings. The molecule has 0 spiro atoms. The zero-order chi connectivity index (χ0) is 27.9.